The third kappa shape index (κ3) is 3.25. The molecule has 0 unspecified atom stereocenters. The largest absolute Gasteiger partial charge is 0.333 e. The van der Waals surface area contributed by atoms with Crippen LogP contribution in [0.25, 0.3) is 0 Å². The summed E-state index contributed by atoms with van der Waals surface area (Å²) in [5.74, 6) is 0. The van der Waals surface area contributed by atoms with E-state index in [1.54, 1.807) is 11.3 Å². The van der Waals surface area contributed by atoms with Crippen molar-refractivity contribution < 1.29 is 17.2 Å². The number of rotatable bonds is 5. The van der Waals surface area contributed by atoms with Crippen molar-refractivity contribution >= 4 is 21.4 Å². The molecule has 9 heteroatoms. The van der Waals surface area contributed by atoms with Gasteiger partial charge in [0.15, 0.2) is 0 Å². The first kappa shape index (κ1) is 17.5. The Hall–Kier alpha value is -1.32. The lowest BCUT2D eigenvalue weighted by Crippen LogP contribution is -2.24. The van der Waals surface area contributed by atoms with Crippen molar-refractivity contribution in [1.82, 2.24) is 14.5 Å². The minimum Gasteiger partial charge on any atom is -0.207 e. The molecule has 1 N–H and O–H groups in total. The number of fused-ring (bicyclic) bond motifs is 1. The summed E-state index contributed by atoms with van der Waals surface area (Å²) in [6, 6.07) is 2.05. The molecule has 0 fully saturated rings. The number of sulfonamides is 1. The fourth-order valence-corrected chi connectivity index (χ4v) is 5.80. The highest BCUT2D eigenvalue weighted by Crippen LogP contribution is 2.30. The molecule has 2 aromatic heterocycles. The minimum atomic E-state index is -3.89. The van der Waals surface area contributed by atoms with E-state index >= 15 is 0 Å². The summed E-state index contributed by atoms with van der Waals surface area (Å²) in [7, 11) is -3.89. The van der Waals surface area contributed by atoms with Gasteiger partial charge in [0.05, 0.1) is 11.4 Å². The van der Waals surface area contributed by atoms with E-state index in [1.807, 2.05) is 6.07 Å². The van der Waals surface area contributed by atoms with Gasteiger partial charge in [-0.25, -0.2) is 17.8 Å². The maximum atomic E-state index is 12.9. The van der Waals surface area contributed by atoms with E-state index in [0.29, 0.717) is 4.68 Å². The van der Waals surface area contributed by atoms with Crippen molar-refractivity contribution in [3.63, 3.8) is 0 Å². The van der Waals surface area contributed by atoms with Gasteiger partial charge in [-0.1, -0.05) is 0 Å². The highest BCUT2D eigenvalue weighted by atomic mass is 32.2. The van der Waals surface area contributed by atoms with Gasteiger partial charge in [-0.05, 0) is 51.2 Å². The zero-order valence-corrected chi connectivity index (χ0v) is 15.1. The Balaban J connectivity index is 1.81. The lowest BCUT2D eigenvalue weighted by atomic mass is 9.99. The van der Waals surface area contributed by atoms with Crippen LogP contribution >= 0.6 is 11.3 Å². The number of alkyl halides is 2. The number of halogens is 2. The maximum Gasteiger partial charge on any atom is 0.333 e. The maximum absolute atomic E-state index is 12.9. The van der Waals surface area contributed by atoms with Gasteiger partial charge < -0.3 is 0 Å². The standard InChI is InChI=1S/C15H19F2N3O2S2/c1-9-14(10(2)20(19-9)15(16)17)24(21,22)18-8-12-7-11-5-3-4-6-13(11)23-12/h7,15,18H,3-6,8H2,1-2H3. The summed E-state index contributed by atoms with van der Waals surface area (Å²) < 4.78 is 53.8. The molecule has 1 aliphatic rings. The predicted octanol–water partition coefficient (Wildman–Crippen LogP) is 3.31. The molecule has 0 amide bonds. The van der Waals surface area contributed by atoms with Crippen LogP contribution < -0.4 is 4.72 Å². The third-order valence-corrected chi connectivity index (χ3v) is 7.09. The van der Waals surface area contributed by atoms with Crippen LogP contribution in [0.5, 0.6) is 0 Å². The molecule has 3 rings (SSSR count). The van der Waals surface area contributed by atoms with Crippen molar-refractivity contribution in [2.24, 2.45) is 0 Å². The SMILES string of the molecule is Cc1nn(C(F)F)c(C)c1S(=O)(=O)NCc1cc2c(s1)CCCC2. The molecular formula is C15H19F2N3O2S2. The molecule has 0 saturated heterocycles. The van der Waals surface area contributed by atoms with Crippen LogP contribution in [0.1, 0.15) is 46.1 Å². The Kier molecular flexibility index (Phi) is 4.76. The first-order valence-corrected chi connectivity index (χ1v) is 10.0. The second kappa shape index (κ2) is 6.53. The number of hydrogen-bond acceptors (Lipinski definition) is 4. The van der Waals surface area contributed by atoms with E-state index in [1.165, 1.54) is 37.1 Å². The lowest BCUT2D eigenvalue weighted by molar-refractivity contribution is 0.0538. The fourth-order valence-electron chi connectivity index (χ4n) is 3.10. The van der Waals surface area contributed by atoms with Crippen LogP contribution in [0.3, 0.4) is 0 Å². The van der Waals surface area contributed by atoms with E-state index in [9.17, 15) is 17.2 Å². The number of thiophene rings is 1. The summed E-state index contributed by atoms with van der Waals surface area (Å²) in [6.45, 7) is 0.0600. The number of nitrogens with one attached hydrogen (secondary N) is 1. The number of aryl methyl sites for hydroxylation is 3. The summed E-state index contributed by atoms with van der Waals surface area (Å²) in [5.41, 5.74) is 1.32. The van der Waals surface area contributed by atoms with E-state index in [0.717, 1.165) is 17.7 Å². The second-order valence-electron chi connectivity index (χ2n) is 5.91. The highest BCUT2D eigenvalue weighted by molar-refractivity contribution is 7.89. The summed E-state index contributed by atoms with van der Waals surface area (Å²) in [6.07, 6.45) is 4.42. The normalized spacial score (nSPS) is 15.0. The Morgan fingerprint density at radius 1 is 1.33 bits per heavy atom. The second-order valence-corrected chi connectivity index (χ2v) is 8.84. The molecule has 24 heavy (non-hydrogen) atoms. The van der Waals surface area contributed by atoms with E-state index in [-0.39, 0.29) is 22.8 Å². The van der Waals surface area contributed by atoms with E-state index in [2.05, 4.69) is 9.82 Å². The highest BCUT2D eigenvalue weighted by Gasteiger charge is 2.27. The molecule has 1 aliphatic carbocycles. The first-order valence-electron chi connectivity index (χ1n) is 7.73. The van der Waals surface area contributed by atoms with Crippen LogP contribution in [0.4, 0.5) is 8.78 Å². The zero-order chi connectivity index (χ0) is 17.5. The first-order chi connectivity index (χ1) is 11.3. The van der Waals surface area contributed by atoms with Gasteiger partial charge in [0.2, 0.25) is 10.0 Å². The van der Waals surface area contributed by atoms with Gasteiger partial charge in [-0.3, -0.25) is 0 Å². The van der Waals surface area contributed by atoms with E-state index < -0.39 is 16.6 Å². The molecule has 0 aliphatic heterocycles. The van der Waals surface area contributed by atoms with Crippen LogP contribution in [0, 0.1) is 13.8 Å². The summed E-state index contributed by atoms with van der Waals surface area (Å²) >= 11 is 1.62. The van der Waals surface area contributed by atoms with Crippen LogP contribution in [0.15, 0.2) is 11.0 Å². The monoisotopic (exact) mass is 375 g/mol. The van der Waals surface area contributed by atoms with Gasteiger partial charge in [0.25, 0.3) is 0 Å². The molecule has 0 bridgehead atoms. The number of hydrogen-bond donors (Lipinski definition) is 1. The molecule has 0 radical (unpaired) electrons. The molecule has 0 saturated carbocycles. The molecule has 5 nitrogen and oxygen atoms in total. The topological polar surface area (TPSA) is 64.0 Å². The van der Waals surface area contributed by atoms with Gasteiger partial charge in [-0.15, -0.1) is 11.3 Å². The van der Waals surface area contributed by atoms with Crippen LogP contribution in [-0.2, 0) is 29.4 Å². The van der Waals surface area contributed by atoms with E-state index in [4.69, 9.17) is 0 Å². The molecule has 0 atom stereocenters. The average molecular weight is 375 g/mol. The van der Waals surface area contributed by atoms with Gasteiger partial charge >= 0.3 is 6.55 Å². The van der Waals surface area contributed by atoms with Crippen LogP contribution in [0.2, 0.25) is 0 Å². The van der Waals surface area contributed by atoms with Gasteiger partial charge in [0.1, 0.15) is 4.90 Å². The smallest absolute Gasteiger partial charge is 0.207 e. The number of aromatic nitrogens is 2. The summed E-state index contributed by atoms with van der Waals surface area (Å²) in [4.78, 5) is 2.11. The van der Waals surface area contributed by atoms with Gasteiger partial charge in [0, 0.05) is 16.3 Å². The van der Waals surface area contributed by atoms with Crippen molar-refractivity contribution in [3.05, 3.63) is 32.8 Å². The van der Waals surface area contributed by atoms with Crippen molar-refractivity contribution in [2.45, 2.75) is 57.5 Å². The molecule has 0 spiro atoms. The average Bonchev–Trinajstić information content (AvgIpc) is 3.06. The molecule has 0 aromatic carbocycles. The van der Waals surface area contributed by atoms with Crippen molar-refractivity contribution in [2.75, 3.05) is 0 Å². The molecule has 2 heterocycles. The Morgan fingerprint density at radius 3 is 2.67 bits per heavy atom. The summed E-state index contributed by atoms with van der Waals surface area (Å²) in [5, 5.41) is 3.63. The van der Waals surface area contributed by atoms with Gasteiger partial charge in [-0.2, -0.15) is 13.9 Å². The zero-order valence-electron chi connectivity index (χ0n) is 13.5. The quantitative estimate of drug-likeness (QED) is 0.872. The number of nitrogens with zero attached hydrogens (tertiary/aromatic N) is 2. The molecule has 2 aromatic rings. The van der Waals surface area contributed by atoms with Crippen molar-refractivity contribution in [3.8, 4) is 0 Å². The van der Waals surface area contributed by atoms with Crippen molar-refractivity contribution in [1.29, 1.82) is 0 Å². The minimum absolute atomic E-state index is 0.0551. The third-order valence-electron chi connectivity index (χ3n) is 4.20. The Bertz CT molecular complexity index is 833. The van der Waals surface area contributed by atoms with Crippen LogP contribution in [-0.4, -0.2) is 18.2 Å². The Morgan fingerprint density at radius 2 is 2.04 bits per heavy atom. The Labute approximate surface area is 143 Å². The lowest BCUT2D eigenvalue weighted by Gasteiger charge is -2.08. The molecular weight excluding hydrogens is 356 g/mol. The molecule has 132 valence electrons. The predicted molar refractivity (Wildman–Crippen MR) is 87.9 cm³/mol. The fraction of sp³-hybridized carbons (Fsp3) is 0.533.